The van der Waals surface area contributed by atoms with Gasteiger partial charge in [-0.3, -0.25) is 9.59 Å². The van der Waals surface area contributed by atoms with Gasteiger partial charge in [-0.25, -0.2) is 0 Å². The van der Waals surface area contributed by atoms with Crippen molar-refractivity contribution in [1.82, 2.24) is 10.2 Å². The Labute approximate surface area is 180 Å². The van der Waals surface area contributed by atoms with Gasteiger partial charge in [0.1, 0.15) is 12.6 Å². The molecule has 1 saturated heterocycles. The summed E-state index contributed by atoms with van der Waals surface area (Å²) in [6.07, 6.45) is 6.57. The molecule has 164 valence electrons. The molecule has 2 fully saturated rings. The van der Waals surface area contributed by atoms with Crippen LogP contribution >= 0.6 is 0 Å². The lowest BCUT2D eigenvalue weighted by Gasteiger charge is -2.48. The summed E-state index contributed by atoms with van der Waals surface area (Å²) < 4.78 is 6.22. The van der Waals surface area contributed by atoms with Crippen LogP contribution in [0.15, 0.2) is 36.1 Å². The van der Waals surface area contributed by atoms with Crippen LogP contribution in [-0.2, 0) is 14.3 Å². The Morgan fingerprint density at radius 1 is 1.23 bits per heavy atom. The van der Waals surface area contributed by atoms with E-state index in [1.807, 2.05) is 30.3 Å². The lowest BCUT2D eigenvalue weighted by molar-refractivity contribution is -0.154. The summed E-state index contributed by atoms with van der Waals surface area (Å²) in [5.41, 5.74) is 1.10. The van der Waals surface area contributed by atoms with Gasteiger partial charge >= 0.3 is 0 Å². The highest BCUT2D eigenvalue weighted by molar-refractivity contribution is 5.98. The zero-order chi connectivity index (χ0) is 21.7. The van der Waals surface area contributed by atoms with E-state index >= 15 is 0 Å². The van der Waals surface area contributed by atoms with Gasteiger partial charge in [0.15, 0.2) is 5.76 Å². The fourth-order valence-corrected chi connectivity index (χ4v) is 4.48. The van der Waals surface area contributed by atoms with Crippen molar-refractivity contribution in [2.24, 2.45) is 11.3 Å². The predicted octanol–water partition coefficient (Wildman–Crippen LogP) is 4.39. The smallest absolute Gasteiger partial charge is 0.289 e. The van der Waals surface area contributed by atoms with E-state index in [0.717, 1.165) is 37.7 Å². The van der Waals surface area contributed by atoms with Gasteiger partial charge in [0.25, 0.3) is 5.91 Å². The molecular weight excluding hydrogens is 376 g/mol. The number of nitrogens with one attached hydrogen (secondary N) is 1. The van der Waals surface area contributed by atoms with Crippen LogP contribution in [0.25, 0.3) is 6.08 Å². The third-order valence-corrected chi connectivity index (χ3v) is 6.39. The third kappa shape index (κ3) is 5.44. The summed E-state index contributed by atoms with van der Waals surface area (Å²) in [4.78, 5) is 27.7. The van der Waals surface area contributed by atoms with Crippen molar-refractivity contribution in [3.05, 3.63) is 41.7 Å². The van der Waals surface area contributed by atoms with Crippen LogP contribution in [0.4, 0.5) is 0 Å². The summed E-state index contributed by atoms with van der Waals surface area (Å²) in [6.45, 7) is 9.61. The van der Waals surface area contributed by atoms with Crippen molar-refractivity contribution in [1.29, 1.82) is 0 Å². The lowest BCUT2D eigenvalue weighted by atomic mass is 9.69. The quantitative estimate of drug-likeness (QED) is 0.557. The fourth-order valence-electron chi connectivity index (χ4n) is 4.48. The van der Waals surface area contributed by atoms with Gasteiger partial charge in [0, 0.05) is 6.54 Å². The number of hydrogen-bond donors (Lipinski definition) is 1. The summed E-state index contributed by atoms with van der Waals surface area (Å²) in [6, 6.07) is 9.68. The van der Waals surface area contributed by atoms with E-state index < -0.39 is 0 Å². The van der Waals surface area contributed by atoms with Gasteiger partial charge in [-0.15, -0.1) is 0 Å². The summed E-state index contributed by atoms with van der Waals surface area (Å²) in [5, 5.41) is 2.96. The van der Waals surface area contributed by atoms with Crippen molar-refractivity contribution in [3.63, 3.8) is 0 Å². The maximum Gasteiger partial charge on any atom is 0.289 e. The van der Waals surface area contributed by atoms with Crippen molar-refractivity contribution in [2.45, 2.75) is 71.9 Å². The number of hydrogen-bond acceptors (Lipinski definition) is 3. The number of fused-ring (bicyclic) bond motifs is 1. The molecule has 3 rings (SSSR count). The molecule has 1 heterocycles. The summed E-state index contributed by atoms with van der Waals surface area (Å²) in [5.74, 6) is 0.577. The van der Waals surface area contributed by atoms with E-state index in [2.05, 4.69) is 33.0 Å². The topological polar surface area (TPSA) is 58.6 Å². The number of amides is 2. The average molecular weight is 413 g/mol. The van der Waals surface area contributed by atoms with Crippen molar-refractivity contribution in [2.75, 3.05) is 13.1 Å². The molecule has 0 spiro atoms. The van der Waals surface area contributed by atoms with Crippen LogP contribution in [0.1, 0.15) is 65.4 Å². The van der Waals surface area contributed by atoms with Gasteiger partial charge in [-0.2, -0.15) is 0 Å². The molecule has 1 saturated carbocycles. The van der Waals surface area contributed by atoms with Crippen molar-refractivity contribution in [3.8, 4) is 0 Å². The van der Waals surface area contributed by atoms with E-state index in [1.165, 1.54) is 0 Å². The second-order valence-electron chi connectivity index (χ2n) is 9.66. The molecule has 0 bridgehead atoms. The van der Waals surface area contributed by atoms with E-state index in [0.29, 0.717) is 18.2 Å². The SMILES string of the molecule is CCCCNC(=O)CN1C(=O)/C(=C/c2ccccc2)OC2CCC(C(C)(C)C)CC21. The van der Waals surface area contributed by atoms with Crippen LogP contribution in [0.5, 0.6) is 0 Å². The van der Waals surface area contributed by atoms with Gasteiger partial charge in [0.05, 0.1) is 6.04 Å². The van der Waals surface area contributed by atoms with Crippen molar-refractivity contribution < 1.29 is 14.3 Å². The molecule has 1 aromatic rings. The Morgan fingerprint density at radius 3 is 2.63 bits per heavy atom. The Balaban J connectivity index is 1.83. The first-order valence-corrected chi connectivity index (χ1v) is 11.3. The zero-order valence-electron chi connectivity index (χ0n) is 18.8. The van der Waals surface area contributed by atoms with E-state index in [4.69, 9.17) is 4.74 Å². The molecule has 5 heteroatoms. The van der Waals surface area contributed by atoms with E-state index in [9.17, 15) is 9.59 Å². The fraction of sp³-hybridized carbons (Fsp3) is 0.600. The number of carbonyl (C=O) groups is 2. The second-order valence-corrected chi connectivity index (χ2v) is 9.66. The number of carbonyl (C=O) groups excluding carboxylic acids is 2. The van der Waals surface area contributed by atoms with Gasteiger partial charge in [0.2, 0.25) is 5.91 Å². The maximum atomic E-state index is 13.4. The molecule has 0 aromatic heterocycles. The molecule has 2 aliphatic rings. The van der Waals surface area contributed by atoms with Crippen molar-refractivity contribution >= 4 is 17.9 Å². The molecule has 30 heavy (non-hydrogen) atoms. The molecule has 3 unspecified atom stereocenters. The highest BCUT2D eigenvalue weighted by atomic mass is 16.5. The summed E-state index contributed by atoms with van der Waals surface area (Å²) >= 11 is 0. The normalized spacial score (nSPS) is 25.6. The Bertz CT molecular complexity index is 766. The van der Waals surface area contributed by atoms with E-state index in [1.54, 1.807) is 11.0 Å². The van der Waals surface area contributed by atoms with Crippen LogP contribution in [0.2, 0.25) is 0 Å². The number of benzene rings is 1. The standard InChI is InChI=1S/C25H36N2O3/c1-5-6-14-26-23(28)17-27-20-16-19(25(2,3)4)12-13-21(20)30-22(24(27)29)15-18-10-8-7-9-11-18/h7-11,15,19-21H,5-6,12-14,16-17H2,1-4H3,(H,26,28)/b22-15-. The Kier molecular flexibility index (Phi) is 7.22. The molecule has 3 atom stereocenters. The number of nitrogens with zero attached hydrogens (tertiary/aromatic N) is 1. The highest BCUT2D eigenvalue weighted by Gasteiger charge is 2.46. The zero-order valence-corrected chi connectivity index (χ0v) is 18.8. The van der Waals surface area contributed by atoms with Crippen LogP contribution in [0.3, 0.4) is 0 Å². The van der Waals surface area contributed by atoms with Crippen LogP contribution in [-0.4, -0.2) is 41.9 Å². The Hall–Kier alpha value is -2.30. The number of morpholine rings is 1. The first-order valence-electron chi connectivity index (χ1n) is 11.3. The largest absolute Gasteiger partial charge is 0.482 e. The minimum atomic E-state index is -0.180. The maximum absolute atomic E-state index is 13.4. The lowest BCUT2D eigenvalue weighted by Crippen LogP contribution is -2.58. The first-order chi connectivity index (χ1) is 14.3. The van der Waals surface area contributed by atoms with Gasteiger partial charge < -0.3 is 15.0 Å². The van der Waals surface area contributed by atoms with Gasteiger partial charge in [-0.1, -0.05) is 64.4 Å². The first kappa shape index (κ1) is 22.4. The van der Waals surface area contributed by atoms with Crippen LogP contribution in [0, 0.1) is 11.3 Å². The monoisotopic (exact) mass is 412 g/mol. The third-order valence-electron chi connectivity index (χ3n) is 6.39. The highest BCUT2D eigenvalue weighted by Crippen LogP contribution is 2.42. The second kappa shape index (κ2) is 9.67. The van der Waals surface area contributed by atoms with E-state index in [-0.39, 0.29) is 35.9 Å². The molecule has 1 aromatic carbocycles. The minimum absolute atomic E-state index is 0.0553. The minimum Gasteiger partial charge on any atom is -0.482 e. The number of unbranched alkanes of at least 4 members (excludes halogenated alkanes) is 1. The average Bonchev–Trinajstić information content (AvgIpc) is 2.71. The van der Waals surface area contributed by atoms with Crippen LogP contribution < -0.4 is 5.32 Å². The molecule has 5 nitrogen and oxygen atoms in total. The molecule has 1 aliphatic heterocycles. The molecular formula is C25H36N2O3. The molecule has 0 radical (unpaired) electrons. The Morgan fingerprint density at radius 2 is 1.97 bits per heavy atom. The van der Waals surface area contributed by atoms with Gasteiger partial charge in [-0.05, 0) is 48.7 Å². The number of rotatable bonds is 6. The number of ether oxygens (including phenoxy) is 1. The summed E-state index contributed by atoms with van der Waals surface area (Å²) in [7, 11) is 0. The molecule has 1 N–H and O–H groups in total. The predicted molar refractivity (Wildman–Crippen MR) is 120 cm³/mol. The molecule has 1 aliphatic carbocycles. The molecule has 2 amide bonds.